The standard InChI is InChI=1S/C19H26N2O2.ClH/c1-12(2)16-9-17-14(11-23-18(17)7-13(16)3)8-19(22)21-15-5-4-6-20-10-15;/h7,9,11-12,15,20H,4-6,8,10H2,1-3H3,(H,21,22);1H. The first-order chi connectivity index (χ1) is 11.0. The Bertz CT molecular complexity index is 703. The summed E-state index contributed by atoms with van der Waals surface area (Å²) in [6.45, 7) is 8.41. The van der Waals surface area contributed by atoms with Gasteiger partial charge >= 0.3 is 0 Å². The topological polar surface area (TPSA) is 54.3 Å². The average molecular weight is 351 g/mol. The van der Waals surface area contributed by atoms with Gasteiger partial charge in [-0.2, -0.15) is 0 Å². The van der Waals surface area contributed by atoms with Gasteiger partial charge in [-0.05, 0) is 55.5 Å². The van der Waals surface area contributed by atoms with Crippen LogP contribution in [-0.2, 0) is 11.2 Å². The van der Waals surface area contributed by atoms with Crippen LogP contribution in [0.25, 0.3) is 11.0 Å². The summed E-state index contributed by atoms with van der Waals surface area (Å²) in [4.78, 5) is 12.3. The third-order valence-corrected chi connectivity index (χ3v) is 4.68. The van der Waals surface area contributed by atoms with E-state index < -0.39 is 0 Å². The molecule has 2 N–H and O–H groups in total. The summed E-state index contributed by atoms with van der Waals surface area (Å²) in [5.41, 5.74) is 4.40. The number of nitrogens with one attached hydrogen (secondary N) is 2. The fraction of sp³-hybridized carbons (Fsp3) is 0.526. The van der Waals surface area contributed by atoms with E-state index in [1.54, 1.807) is 6.26 Å². The molecule has 1 amide bonds. The Morgan fingerprint density at radius 1 is 1.42 bits per heavy atom. The molecule has 2 aromatic rings. The second-order valence-corrected chi connectivity index (χ2v) is 6.91. The van der Waals surface area contributed by atoms with E-state index in [1.807, 2.05) is 0 Å². The first-order valence-electron chi connectivity index (χ1n) is 8.55. The van der Waals surface area contributed by atoms with Crippen molar-refractivity contribution in [2.24, 2.45) is 0 Å². The van der Waals surface area contributed by atoms with Crippen LogP contribution in [0.15, 0.2) is 22.8 Å². The summed E-state index contributed by atoms with van der Waals surface area (Å²) in [6.07, 6.45) is 4.29. The number of fused-ring (bicyclic) bond motifs is 1. The molecule has 0 bridgehead atoms. The van der Waals surface area contributed by atoms with Crippen molar-refractivity contribution in [3.63, 3.8) is 0 Å². The molecule has 3 rings (SSSR count). The Morgan fingerprint density at radius 2 is 2.21 bits per heavy atom. The van der Waals surface area contributed by atoms with Gasteiger partial charge in [0.15, 0.2) is 0 Å². The quantitative estimate of drug-likeness (QED) is 0.884. The van der Waals surface area contributed by atoms with E-state index >= 15 is 0 Å². The number of benzene rings is 1. The van der Waals surface area contributed by atoms with Crippen LogP contribution in [0.1, 0.15) is 49.3 Å². The number of piperidine rings is 1. The SMILES string of the molecule is Cc1cc2occ(CC(=O)NC3CCCNC3)c2cc1C(C)C.Cl. The Kier molecular flexibility index (Phi) is 6.30. The fourth-order valence-electron chi connectivity index (χ4n) is 3.43. The molecule has 2 heterocycles. The van der Waals surface area contributed by atoms with Gasteiger partial charge in [0, 0.05) is 23.5 Å². The van der Waals surface area contributed by atoms with Gasteiger partial charge in [0.2, 0.25) is 5.91 Å². The van der Waals surface area contributed by atoms with E-state index in [4.69, 9.17) is 4.42 Å². The molecule has 1 aliphatic heterocycles. The molecule has 1 saturated heterocycles. The smallest absolute Gasteiger partial charge is 0.224 e. The van der Waals surface area contributed by atoms with Crippen LogP contribution < -0.4 is 10.6 Å². The van der Waals surface area contributed by atoms with E-state index in [9.17, 15) is 4.79 Å². The largest absolute Gasteiger partial charge is 0.464 e. The molecule has 4 nitrogen and oxygen atoms in total. The molecule has 1 unspecified atom stereocenters. The van der Waals surface area contributed by atoms with Gasteiger partial charge in [-0.15, -0.1) is 12.4 Å². The molecule has 0 saturated carbocycles. The van der Waals surface area contributed by atoms with Crippen molar-refractivity contribution in [1.82, 2.24) is 10.6 Å². The number of carbonyl (C=O) groups is 1. The normalized spacial score (nSPS) is 17.8. The molecule has 1 fully saturated rings. The van der Waals surface area contributed by atoms with Crippen LogP contribution in [0, 0.1) is 6.92 Å². The fourth-order valence-corrected chi connectivity index (χ4v) is 3.43. The number of halogens is 1. The van der Waals surface area contributed by atoms with Crippen molar-refractivity contribution in [2.45, 2.75) is 52.0 Å². The minimum atomic E-state index is 0. The van der Waals surface area contributed by atoms with Gasteiger partial charge in [-0.1, -0.05) is 13.8 Å². The average Bonchev–Trinajstić information content (AvgIpc) is 2.89. The van der Waals surface area contributed by atoms with Gasteiger partial charge in [-0.25, -0.2) is 0 Å². The van der Waals surface area contributed by atoms with Gasteiger partial charge < -0.3 is 15.1 Å². The lowest BCUT2D eigenvalue weighted by Crippen LogP contribution is -2.46. The predicted octanol–water partition coefficient (Wildman–Crippen LogP) is 3.70. The number of rotatable bonds is 4. The maximum atomic E-state index is 12.3. The highest BCUT2D eigenvalue weighted by Gasteiger charge is 2.18. The maximum Gasteiger partial charge on any atom is 0.224 e. The first-order valence-corrected chi connectivity index (χ1v) is 8.55. The zero-order valence-electron chi connectivity index (χ0n) is 14.6. The van der Waals surface area contributed by atoms with Crippen LogP contribution in [0.5, 0.6) is 0 Å². The number of hydrogen-bond donors (Lipinski definition) is 2. The molecule has 1 aliphatic rings. The molecule has 24 heavy (non-hydrogen) atoms. The van der Waals surface area contributed by atoms with E-state index in [2.05, 4.69) is 43.5 Å². The van der Waals surface area contributed by atoms with E-state index in [1.165, 1.54) is 11.1 Å². The summed E-state index contributed by atoms with van der Waals surface area (Å²) in [7, 11) is 0. The Hall–Kier alpha value is -1.52. The van der Waals surface area contributed by atoms with Crippen LogP contribution in [-0.4, -0.2) is 25.0 Å². The van der Waals surface area contributed by atoms with Crippen LogP contribution in [0.4, 0.5) is 0 Å². The summed E-state index contributed by atoms with van der Waals surface area (Å²) in [5, 5.41) is 7.52. The zero-order chi connectivity index (χ0) is 16.4. The predicted molar refractivity (Wildman–Crippen MR) is 100 cm³/mol. The lowest BCUT2D eigenvalue weighted by Gasteiger charge is -2.23. The van der Waals surface area contributed by atoms with E-state index in [-0.39, 0.29) is 24.4 Å². The lowest BCUT2D eigenvalue weighted by molar-refractivity contribution is -0.121. The zero-order valence-corrected chi connectivity index (χ0v) is 15.5. The highest BCUT2D eigenvalue weighted by Crippen LogP contribution is 2.29. The molecule has 0 aliphatic carbocycles. The molecule has 5 heteroatoms. The van der Waals surface area contributed by atoms with E-state index in [0.717, 1.165) is 42.5 Å². The number of furan rings is 1. The molecule has 1 aromatic heterocycles. The third kappa shape index (κ3) is 4.11. The van der Waals surface area contributed by atoms with Crippen molar-refractivity contribution >= 4 is 29.3 Å². The lowest BCUT2D eigenvalue weighted by atomic mass is 9.95. The molecule has 0 spiro atoms. The Morgan fingerprint density at radius 3 is 2.88 bits per heavy atom. The molecule has 1 atom stereocenters. The molecule has 132 valence electrons. The maximum absolute atomic E-state index is 12.3. The van der Waals surface area contributed by atoms with Crippen LogP contribution in [0.2, 0.25) is 0 Å². The highest BCUT2D eigenvalue weighted by molar-refractivity contribution is 5.88. The van der Waals surface area contributed by atoms with Gasteiger partial charge in [0.05, 0.1) is 12.7 Å². The van der Waals surface area contributed by atoms with Crippen molar-refractivity contribution in [2.75, 3.05) is 13.1 Å². The second-order valence-electron chi connectivity index (χ2n) is 6.91. The second kappa shape index (κ2) is 8.04. The molecule has 0 radical (unpaired) electrons. The monoisotopic (exact) mass is 350 g/mol. The van der Waals surface area contributed by atoms with Crippen LogP contribution in [0.3, 0.4) is 0 Å². The number of aryl methyl sites for hydroxylation is 1. The number of carbonyl (C=O) groups excluding carboxylic acids is 1. The summed E-state index contributed by atoms with van der Waals surface area (Å²) >= 11 is 0. The van der Waals surface area contributed by atoms with Gasteiger partial charge in [-0.3, -0.25) is 4.79 Å². The van der Waals surface area contributed by atoms with Crippen molar-refractivity contribution in [1.29, 1.82) is 0 Å². The molecule has 1 aromatic carbocycles. The molecular formula is C19H27ClN2O2. The van der Waals surface area contributed by atoms with E-state index in [0.29, 0.717) is 12.3 Å². The summed E-state index contributed by atoms with van der Waals surface area (Å²) < 4.78 is 5.66. The third-order valence-electron chi connectivity index (χ3n) is 4.68. The van der Waals surface area contributed by atoms with Crippen molar-refractivity contribution < 1.29 is 9.21 Å². The number of amides is 1. The minimum absolute atomic E-state index is 0. The van der Waals surface area contributed by atoms with Gasteiger partial charge in [0.1, 0.15) is 5.58 Å². The van der Waals surface area contributed by atoms with Crippen LogP contribution >= 0.6 is 12.4 Å². The highest BCUT2D eigenvalue weighted by atomic mass is 35.5. The number of hydrogen-bond acceptors (Lipinski definition) is 3. The first kappa shape index (κ1) is 18.8. The van der Waals surface area contributed by atoms with Crippen molar-refractivity contribution in [3.8, 4) is 0 Å². The van der Waals surface area contributed by atoms with Crippen molar-refractivity contribution in [3.05, 3.63) is 35.1 Å². The molecular weight excluding hydrogens is 324 g/mol. The van der Waals surface area contributed by atoms with Gasteiger partial charge in [0.25, 0.3) is 0 Å². The summed E-state index contributed by atoms with van der Waals surface area (Å²) in [6, 6.07) is 4.52. The Balaban J connectivity index is 0.00000208. The Labute approximate surface area is 149 Å². The summed E-state index contributed by atoms with van der Waals surface area (Å²) in [5.74, 6) is 0.539. The minimum Gasteiger partial charge on any atom is -0.464 e.